The largest absolute Gasteiger partial charge is 0.508 e. The van der Waals surface area contributed by atoms with E-state index in [0.29, 0.717) is 17.7 Å². The highest BCUT2D eigenvalue weighted by Crippen LogP contribution is 2.36. The van der Waals surface area contributed by atoms with Gasteiger partial charge in [0.15, 0.2) is 0 Å². The minimum absolute atomic E-state index is 0. The molecule has 1 heterocycles. The summed E-state index contributed by atoms with van der Waals surface area (Å²) >= 11 is 0. The second-order valence-electron chi connectivity index (χ2n) is 6.85. The maximum absolute atomic E-state index is 10.7. The highest BCUT2D eigenvalue weighted by Gasteiger charge is 2.25. The first-order valence-electron chi connectivity index (χ1n) is 9.09. The molecular formula is C19H35Cl2N3O. The summed E-state index contributed by atoms with van der Waals surface area (Å²) in [5, 5.41) is 14.1. The van der Waals surface area contributed by atoms with Crippen LogP contribution in [0.3, 0.4) is 0 Å². The third-order valence-electron chi connectivity index (χ3n) is 4.79. The summed E-state index contributed by atoms with van der Waals surface area (Å²) < 4.78 is 0. The van der Waals surface area contributed by atoms with Crippen molar-refractivity contribution in [2.45, 2.75) is 40.2 Å². The van der Waals surface area contributed by atoms with E-state index in [0.717, 1.165) is 56.9 Å². The van der Waals surface area contributed by atoms with Gasteiger partial charge in [-0.15, -0.1) is 24.8 Å². The maximum atomic E-state index is 10.7. The van der Waals surface area contributed by atoms with Gasteiger partial charge in [0.2, 0.25) is 0 Å². The van der Waals surface area contributed by atoms with E-state index in [4.69, 9.17) is 0 Å². The van der Waals surface area contributed by atoms with Crippen LogP contribution in [0.5, 0.6) is 5.75 Å². The Morgan fingerprint density at radius 3 is 2.20 bits per heavy atom. The van der Waals surface area contributed by atoms with Gasteiger partial charge in [-0.2, -0.15) is 0 Å². The lowest BCUT2D eigenvalue weighted by Crippen LogP contribution is -2.45. The topological polar surface area (TPSA) is 38.7 Å². The van der Waals surface area contributed by atoms with E-state index in [1.54, 1.807) is 0 Å². The van der Waals surface area contributed by atoms with E-state index in [1.807, 2.05) is 6.07 Å². The number of nitrogens with zero attached hydrogens (tertiary/aromatic N) is 2. The molecule has 25 heavy (non-hydrogen) atoms. The molecule has 0 aliphatic carbocycles. The van der Waals surface area contributed by atoms with Crippen LogP contribution in [0.15, 0.2) is 18.2 Å². The van der Waals surface area contributed by atoms with Gasteiger partial charge in [0.05, 0.1) is 0 Å². The Bertz CT molecular complexity index is 490. The van der Waals surface area contributed by atoms with Gasteiger partial charge >= 0.3 is 0 Å². The van der Waals surface area contributed by atoms with Crippen molar-refractivity contribution >= 4 is 30.5 Å². The van der Waals surface area contributed by atoms with Gasteiger partial charge < -0.3 is 15.3 Å². The second-order valence-corrected chi connectivity index (χ2v) is 6.85. The monoisotopic (exact) mass is 391 g/mol. The van der Waals surface area contributed by atoms with Crippen LogP contribution in [-0.2, 0) is 0 Å². The summed E-state index contributed by atoms with van der Waals surface area (Å²) in [6.07, 6.45) is 1.08. The van der Waals surface area contributed by atoms with Crippen molar-refractivity contribution in [1.82, 2.24) is 10.2 Å². The summed E-state index contributed by atoms with van der Waals surface area (Å²) in [6, 6.07) is 6.55. The van der Waals surface area contributed by atoms with E-state index < -0.39 is 0 Å². The van der Waals surface area contributed by atoms with E-state index in [-0.39, 0.29) is 24.8 Å². The van der Waals surface area contributed by atoms with Crippen LogP contribution in [-0.4, -0.2) is 49.3 Å². The minimum Gasteiger partial charge on any atom is -0.508 e. The van der Waals surface area contributed by atoms with Gasteiger partial charge in [-0.3, -0.25) is 4.90 Å². The summed E-state index contributed by atoms with van der Waals surface area (Å²) in [6.45, 7) is 14.9. The summed E-state index contributed by atoms with van der Waals surface area (Å²) in [5.41, 5.74) is 2.19. The third-order valence-corrected chi connectivity index (χ3v) is 4.79. The van der Waals surface area contributed by atoms with Crippen LogP contribution in [0.1, 0.15) is 45.7 Å². The number of rotatable bonds is 7. The normalized spacial score (nSPS) is 16.0. The number of phenolic OH excluding ortho intramolecular Hbond substituents is 1. The Balaban J connectivity index is 0.00000288. The molecule has 1 fully saturated rings. The standard InChI is InChI=1S/C19H33N3O.2ClH/c1-5-21(6-2)16-7-8-17(19(23)14-16)18(13-15(3)4)22-11-9-20-10-12-22;;/h7-8,14-15,18,20,23H,5-6,9-13H2,1-4H3;2*1H/t18-;;/m0../s1. The molecule has 6 heteroatoms. The first kappa shape index (κ1) is 24.3. The van der Waals surface area contributed by atoms with Gasteiger partial charge in [0.1, 0.15) is 5.75 Å². The first-order chi connectivity index (χ1) is 11.1. The quantitative estimate of drug-likeness (QED) is 0.734. The highest BCUT2D eigenvalue weighted by molar-refractivity contribution is 5.85. The fourth-order valence-electron chi connectivity index (χ4n) is 3.51. The van der Waals surface area contributed by atoms with Gasteiger partial charge in [0.25, 0.3) is 0 Å². The molecule has 4 nitrogen and oxygen atoms in total. The molecule has 146 valence electrons. The van der Waals surface area contributed by atoms with Crippen LogP contribution < -0.4 is 10.2 Å². The highest BCUT2D eigenvalue weighted by atomic mass is 35.5. The van der Waals surface area contributed by atoms with Gasteiger partial charge in [-0.25, -0.2) is 0 Å². The molecule has 0 bridgehead atoms. The zero-order chi connectivity index (χ0) is 16.8. The Hall–Kier alpha value is -0.680. The predicted molar refractivity (Wildman–Crippen MR) is 113 cm³/mol. The van der Waals surface area contributed by atoms with E-state index in [2.05, 4.69) is 54.9 Å². The zero-order valence-electron chi connectivity index (χ0n) is 16.0. The molecule has 1 saturated heterocycles. The Morgan fingerprint density at radius 2 is 1.72 bits per heavy atom. The van der Waals surface area contributed by atoms with E-state index in [9.17, 15) is 5.11 Å². The number of hydrogen-bond acceptors (Lipinski definition) is 4. The second kappa shape index (κ2) is 11.8. The van der Waals surface area contributed by atoms with Gasteiger partial charge in [0, 0.05) is 62.6 Å². The average molecular weight is 392 g/mol. The lowest BCUT2D eigenvalue weighted by molar-refractivity contribution is 0.151. The number of phenols is 1. The number of anilines is 1. The van der Waals surface area contributed by atoms with Gasteiger partial charge in [-0.1, -0.05) is 19.9 Å². The number of benzene rings is 1. The molecule has 0 aromatic heterocycles. The van der Waals surface area contributed by atoms with Crippen molar-refractivity contribution in [2.75, 3.05) is 44.2 Å². The molecular weight excluding hydrogens is 357 g/mol. The van der Waals surface area contributed by atoms with Crippen LogP contribution in [0, 0.1) is 5.92 Å². The molecule has 1 aliphatic heterocycles. The van der Waals surface area contributed by atoms with Crippen molar-refractivity contribution in [3.05, 3.63) is 23.8 Å². The zero-order valence-corrected chi connectivity index (χ0v) is 17.6. The molecule has 0 saturated carbocycles. The van der Waals surface area contributed by atoms with Crippen molar-refractivity contribution in [3.63, 3.8) is 0 Å². The molecule has 0 amide bonds. The average Bonchev–Trinajstić information content (AvgIpc) is 2.55. The molecule has 2 rings (SSSR count). The lowest BCUT2D eigenvalue weighted by atomic mass is 9.94. The SMILES string of the molecule is CCN(CC)c1ccc([C@H](CC(C)C)N2CCNCC2)c(O)c1.Cl.Cl. The first-order valence-corrected chi connectivity index (χ1v) is 9.09. The van der Waals surface area contributed by atoms with Gasteiger partial charge in [-0.05, 0) is 32.3 Å². The van der Waals surface area contributed by atoms with Crippen LogP contribution in [0.4, 0.5) is 5.69 Å². The fourth-order valence-corrected chi connectivity index (χ4v) is 3.51. The van der Waals surface area contributed by atoms with Crippen molar-refractivity contribution < 1.29 is 5.11 Å². The van der Waals surface area contributed by atoms with Crippen molar-refractivity contribution in [3.8, 4) is 5.75 Å². The number of halogens is 2. The number of aromatic hydroxyl groups is 1. The van der Waals surface area contributed by atoms with Crippen molar-refractivity contribution in [2.24, 2.45) is 5.92 Å². The fraction of sp³-hybridized carbons (Fsp3) is 0.684. The molecule has 0 unspecified atom stereocenters. The van der Waals surface area contributed by atoms with E-state index >= 15 is 0 Å². The number of piperazine rings is 1. The maximum Gasteiger partial charge on any atom is 0.122 e. The Labute approximate surface area is 165 Å². The molecule has 2 N–H and O–H groups in total. The number of nitrogens with one attached hydrogen (secondary N) is 1. The summed E-state index contributed by atoms with van der Waals surface area (Å²) in [5.74, 6) is 1.05. The molecule has 1 aromatic rings. The smallest absolute Gasteiger partial charge is 0.122 e. The van der Waals surface area contributed by atoms with Crippen LogP contribution in [0.25, 0.3) is 0 Å². The number of hydrogen-bond donors (Lipinski definition) is 2. The van der Waals surface area contributed by atoms with Crippen LogP contribution in [0.2, 0.25) is 0 Å². The van der Waals surface area contributed by atoms with E-state index in [1.165, 1.54) is 0 Å². The molecule has 0 spiro atoms. The Morgan fingerprint density at radius 1 is 1.12 bits per heavy atom. The summed E-state index contributed by atoms with van der Waals surface area (Å²) in [7, 11) is 0. The van der Waals surface area contributed by atoms with Crippen LogP contribution >= 0.6 is 24.8 Å². The third kappa shape index (κ3) is 6.52. The molecule has 1 aromatic carbocycles. The molecule has 1 aliphatic rings. The summed E-state index contributed by atoms with van der Waals surface area (Å²) in [4.78, 5) is 4.79. The molecule has 1 atom stereocenters. The Kier molecular flexibility index (Phi) is 11.5. The minimum atomic E-state index is 0. The van der Waals surface area contributed by atoms with Crippen molar-refractivity contribution in [1.29, 1.82) is 0 Å². The molecule has 0 radical (unpaired) electrons. The predicted octanol–water partition coefficient (Wildman–Crippen LogP) is 4.07. The lowest BCUT2D eigenvalue weighted by Gasteiger charge is -2.36.